The molecule has 1 unspecified atom stereocenters. The summed E-state index contributed by atoms with van der Waals surface area (Å²) in [4.78, 5) is 18.2. The first-order valence-corrected chi connectivity index (χ1v) is 11.9. The van der Waals surface area contributed by atoms with E-state index in [0.29, 0.717) is 12.2 Å². The van der Waals surface area contributed by atoms with Crippen molar-refractivity contribution < 1.29 is 4.79 Å². The molecule has 2 heterocycles. The third-order valence-electron chi connectivity index (χ3n) is 6.44. The summed E-state index contributed by atoms with van der Waals surface area (Å²) in [7, 11) is 2.12. The summed E-state index contributed by atoms with van der Waals surface area (Å²) in [5, 5.41) is 8.94. The minimum atomic E-state index is -0.108. The van der Waals surface area contributed by atoms with E-state index in [9.17, 15) is 4.79 Å². The molecule has 34 heavy (non-hydrogen) atoms. The Morgan fingerprint density at radius 3 is 2.24 bits per heavy atom. The van der Waals surface area contributed by atoms with Crippen LogP contribution in [0.25, 0.3) is 10.9 Å². The lowest BCUT2D eigenvalue weighted by Gasteiger charge is -2.24. The number of carbonyl (C=O) groups is 1. The maximum absolute atomic E-state index is 13.5. The van der Waals surface area contributed by atoms with Crippen LogP contribution in [0, 0.1) is 0 Å². The Bertz CT molecular complexity index is 1240. The largest absolute Gasteiger partial charge is 0.345 e. The number of nitrogens with one attached hydrogen (secondary N) is 1. The van der Waals surface area contributed by atoms with Crippen LogP contribution in [0.2, 0.25) is 0 Å². The van der Waals surface area contributed by atoms with Crippen LogP contribution < -0.4 is 5.32 Å². The average molecular weight is 454 g/mol. The van der Waals surface area contributed by atoms with Crippen molar-refractivity contribution in [3.8, 4) is 0 Å². The van der Waals surface area contributed by atoms with Gasteiger partial charge < -0.3 is 10.2 Å². The zero-order valence-electron chi connectivity index (χ0n) is 19.6. The lowest BCUT2D eigenvalue weighted by Crippen LogP contribution is -2.46. The predicted octanol–water partition coefficient (Wildman–Crippen LogP) is 3.63. The third kappa shape index (κ3) is 5.19. The van der Waals surface area contributed by atoms with Gasteiger partial charge in [0.25, 0.3) is 5.91 Å². The lowest BCUT2D eigenvalue weighted by molar-refractivity contribution is 0.0919. The number of amides is 1. The van der Waals surface area contributed by atoms with Gasteiger partial charge in [-0.05, 0) is 24.2 Å². The van der Waals surface area contributed by atoms with Gasteiger partial charge in [0, 0.05) is 38.1 Å². The Kier molecular flexibility index (Phi) is 6.70. The highest BCUT2D eigenvalue weighted by Gasteiger charge is 2.25. The molecular weight excluding hydrogens is 422 g/mol. The van der Waals surface area contributed by atoms with Crippen molar-refractivity contribution in [3.05, 3.63) is 102 Å². The first kappa shape index (κ1) is 22.3. The van der Waals surface area contributed by atoms with E-state index in [2.05, 4.69) is 58.6 Å². The van der Waals surface area contributed by atoms with E-state index in [1.807, 2.05) is 53.2 Å². The number of fused-ring (bicyclic) bond motifs is 1. The normalized spacial score (nSPS) is 17.5. The summed E-state index contributed by atoms with van der Waals surface area (Å²) in [6.07, 6.45) is 0. The average Bonchev–Trinajstić information content (AvgIpc) is 3.12. The summed E-state index contributed by atoms with van der Waals surface area (Å²) in [5.41, 5.74) is 3.92. The van der Waals surface area contributed by atoms with E-state index in [1.165, 1.54) is 5.56 Å². The Balaban J connectivity index is 1.35. The summed E-state index contributed by atoms with van der Waals surface area (Å²) in [6, 6.07) is 28.8. The number of benzene rings is 3. The van der Waals surface area contributed by atoms with E-state index >= 15 is 0 Å². The Morgan fingerprint density at radius 2 is 1.50 bits per heavy atom. The summed E-state index contributed by atoms with van der Waals surface area (Å²) in [5.74, 6) is -0.108. The molecule has 174 valence electrons. The van der Waals surface area contributed by atoms with Gasteiger partial charge in [-0.2, -0.15) is 5.10 Å². The molecule has 1 aliphatic heterocycles. The van der Waals surface area contributed by atoms with E-state index in [-0.39, 0.29) is 11.9 Å². The molecule has 1 fully saturated rings. The number of hydrogen-bond donors (Lipinski definition) is 1. The first-order chi connectivity index (χ1) is 16.7. The van der Waals surface area contributed by atoms with E-state index in [1.54, 1.807) is 0 Å². The molecule has 0 saturated carbocycles. The molecule has 0 spiro atoms. The van der Waals surface area contributed by atoms with Gasteiger partial charge in [-0.3, -0.25) is 14.4 Å². The van der Waals surface area contributed by atoms with Crippen LogP contribution in [0.1, 0.15) is 21.6 Å². The maximum Gasteiger partial charge on any atom is 0.272 e. The number of hydrogen-bond acceptors (Lipinski definition) is 4. The van der Waals surface area contributed by atoms with Crippen LogP contribution in [-0.4, -0.2) is 64.8 Å². The number of aromatic nitrogens is 2. The Labute approximate surface area is 200 Å². The quantitative estimate of drug-likeness (QED) is 0.484. The molecular formula is C28H31N5O. The molecule has 5 rings (SSSR count). The summed E-state index contributed by atoms with van der Waals surface area (Å²) in [6.45, 7) is 5.11. The zero-order chi connectivity index (χ0) is 23.3. The Morgan fingerprint density at radius 1 is 0.853 bits per heavy atom. The molecule has 1 aromatic heterocycles. The van der Waals surface area contributed by atoms with E-state index in [4.69, 9.17) is 5.10 Å². The Hall–Kier alpha value is -3.48. The van der Waals surface area contributed by atoms with Crippen LogP contribution in [0.3, 0.4) is 0 Å². The second kappa shape index (κ2) is 10.2. The highest BCUT2D eigenvalue weighted by atomic mass is 16.2. The molecule has 1 amide bonds. The molecule has 4 aromatic rings. The van der Waals surface area contributed by atoms with Gasteiger partial charge in [0.05, 0.1) is 18.1 Å². The smallest absolute Gasteiger partial charge is 0.272 e. The van der Waals surface area contributed by atoms with Crippen LogP contribution in [-0.2, 0) is 13.1 Å². The number of nitrogens with zero attached hydrogens (tertiary/aromatic N) is 4. The summed E-state index contributed by atoms with van der Waals surface area (Å²) < 4.78 is 1.93. The van der Waals surface area contributed by atoms with Gasteiger partial charge in [-0.25, -0.2) is 0 Å². The number of rotatable bonds is 6. The number of carbonyl (C=O) groups excluding carboxylic acids is 1. The van der Waals surface area contributed by atoms with Gasteiger partial charge in [0.2, 0.25) is 0 Å². The molecule has 0 bridgehead atoms. The standard InChI is InChI=1S/C28H31N5O/c1-31-16-17-32(18-22-10-4-2-5-11-22)21-24(20-31)29-28(34)27-25-14-8-9-15-26(25)33(30-27)19-23-12-6-3-7-13-23/h2-15,24H,16-21H2,1H3,(H,29,34). The molecule has 3 aromatic carbocycles. The van der Waals surface area contributed by atoms with Crippen LogP contribution >= 0.6 is 0 Å². The topological polar surface area (TPSA) is 53.4 Å². The highest BCUT2D eigenvalue weighted by molar-refractivity contribution is 6.05. The van der Waals surface area contributed by atoms with Crippen LogP contribution in [0.4, 0.5) is 0 Å². The first-order valence-electron chi connectivity index (χ1n) is 11.9. The minimum absolute atomic E-state index is 0.0294. The van der Waals surface area contributed by atoms with Gasteiger partial charge in [-0.1, -0.05) is 78.9 Å². The van der Waals surface area contributed by atoms with Crippen LogP contribution in [0.15, 0.2) is 84.9 Å². The molecule has 1 aliphatic rings. The van der Waals surface area contributed by atoms with Crippen LogP contribution in [0.5, 0.6) is 0 Å². The van der Waals surface area contributed by atoms with Gasteiger partial charge >= 0.3 is 0 Å². The minimum Gasteiger partial charge on any atom is -0.345 e. The van der Waals surface area contributed by atoms with Crippen molar-refractivity contribution in [2.75, 3.05) is 33.2 Å². The molecule has 6 nitrogen and oxygen atoms in total. The van der Waals surface area contributed by atoms with Crippen molar-refractivity contribution in [3.63, 3.8) is 0 Å². The highest BCUT2D eigenvalue weighted by Crippen LogP contribution is 2.20. The van der Waals surface area contributed by atoms with Gasteiger partial charge in [0.15, 0.2) is 5.69 Å². The van der Waals surface area contributed by atoms with E-state index in [0.717, 1.165) is 49.2 Å². The lowest BCUT2D eigenvalue weighted by atomic mass is 10.1. The SMILES string of the molecule is CN1CCN(Cc2ccccc2)CC(NC(=O)c2nn(Cc3ccccc3)c3ccccc23)C1. The number of para-hydroxylation sites is 1. The molecule has 6 heteroatoms. The molecule has 1 N–H and O–H groups in total. The predicted molar refractivity (Wildman–Crippen MR) is 136 cm³/mol. The maximum atomic E-state index is 13.5. The van der Waals surface area contributed by atoms with Crippen molar-refractivity contribution in [2.24, 2.45) is 0 Å². The molecule has 1 atom stereocenters. The van der Waals surface area contributed by atoms with Crippen molar-refractivity contribution in [1.29, 1.82) is 0 Å². The second-order valence-corrected chi connectivity index (χ2v) is 9.16. The fraction of sp³-hybridized carbons (Fsp3) is 0.286. The molecule has 1 saturated heterocycles. The number of likely N-dealkylation sites (N-methyl/N-ethyl adjacent to an activating group) is 1. The second-order valence-electron chi connectivity index (χ2n) is 9.16. The third-order valence-corrected chi connectivity index (χ3v) is 6.44. The molecule has 0 radical (unpaired) electrons. The van der Waals surface area contributed by atoms with Crippen molar-refractivity contribution >= 4 is 16.8 Å². The fourth-order valence-electron chi connectivity index (χ4n) is 4.74. The fourth-order valence-corrected chi connectivity index (χ4v) is 4.74. The van der Waals surface area contributed by atoms with Crippen molar-refractivity contribution in [1.82, 2.24) is 24.9 Å². The monoisotopic (exact) mass is 453 g/mol. The van der Waals surface area contributed by atoms with Gasteiger partial charge in [-0.15, -0.1) is 0 Å². The van der Waals surface area contributed by atoms with Crippen molar-refractivity contribution in [2.45, 2.75) is 19.1 Å². The van der Waals surface area contributed by atoms with Gasteiger partial charge in [0.1, 0.15) is 0 Å². The van der Waals surface area contributed by atoms with E-state index < -0.39 is 0 Å². The zero-order valence-corrected chi connectivity index (χ0v) is 19.6. The summed E-state index contributed by atoms with van der Waals surface area (Å²) >= 11 is 0. The molecule has 0 aliphatic carbocycles.